The summed E-state index contributed by atoms with van der Waals surface area (Å²) >= 11 is 15.8. The molecule has 7 heteroatoms. The molecule has 0 spiro atoms. The molecule has 0 aliphatic heterocycles. The normalized spacial score (nSPS) is 12.7. The van der Waals surface area contributed by atoms with Crippen LogP contribution < -0.4 is 0 Å². The Labute approximate surface area is 103 Å². The van der Waals surface area contributed by atoms with Crippen LogP contribution in [0.4, 0.5) is 0 Å². The lowest BCUT2D eigenvalue weighted by atomic mass is 9.88. The molecule has 0 saturated heterocycles. The first kappa shape index (κ1) is 15.3. The van der Waals surface area contributed by atoms with E-state index in [0.29, 0.717) is 6.42 Å². The summed E-state index contributed by atoms with van der Waals surface area (Å²) in [6.07, 6.45) is 0.438. The van der Waals surface area contributed by atoms with Crippen molar-refractivity contribution < 1.29 is 19.7 Å². The molecule has 15 heavy (non-hydrogen) atoms. The largest absolute Gasteiger partial charge is 0.462 e. The van der Waals surface area contributed by atoms with Crippen molar-refractivity contribution in [1.82, 2.24) is 0 Å². The average molecular weight is 280 g/mol. The van der Waals surface area contributed by atoms with Gasteiger partial charge in [0, 0.05) is 0 Å². The number of rotatable bonds is 5. The van der Waals surface area contributed by atoms with Gasteiger partial charge in [0.1, 0.15) is 6.61 Å². The summed E-state index contributed by atoms with van der Waals surface area (Å²) in [5, 5.41) is 18.1. The van der Waals surface area contributed by atoms with Crippen molar-refractivity contribution in [2.45, 2.75) is 17.1 Å². The minimum Gasteiger partial charge on any atom is -0.462 e. The zero-order valence-corrected chi connectivity index (χ0v) is 10.4. The maximum Gasteiger partial charge on any atom is 0.358 e. The summed E-state index contributed by atoms with van der Waals surface area (Å²) < 4.78 is 2.56. The van der Waals surface area contributed by atoms with Crippen LogP contribution in [0.5, 0.6) is 0 Å². The zero-order chi connectivity index (χ0) is 12.1. The van der Waals surface area contributed by atoms with E-state index in [2.05, 4.69) is 4.74 Å². The van der Waals surface area contributed by atoms with Gasteiger partial charge in [0.25, 0.3) is 3.79 Å². The molecule has 0 aromatic rings. The molecule has 0 aliphatic rings. The van der Waals surface area contributed by atoms with Crippen molar-refractivity contribution in [3.05, 3.63) is 0 Å². The highest BCUT2D eigenvalue weighted by molar-refractivity contribution is 6.75. The lowest BCUT2D eigenvalue weighted by Crippen LogP contribution is -2.37. The number of carbonyl (C=O) groups is 1. The van der Waals surface area contributed by atoms with Crippen LogP contribution in [0.2, 0.25) is 0 Å². The van der Waals surface area contributed by atoms with Crippen molar-refractivity contribution >= 4 is 40.8 Å². The van der Waals surface area contributed by atoms with Crippen LogP contribution in [-0.4, -0.2) is 39.8 Å². The molecule has 0 unspecified atom stereocenters. The second-order valence-electron chi connectivity index (χ2n) is 3.24. The van der Waals surface area contributed by atoms with E-state index in [9.17, 15) is 4.79 Å². The Morgan fingerprint density at radius 1 is 1.27 bits per heavy atom. The average Bonchev–Trinajstić information content (AvgIpc) is 2.19. The number of carbonyl (C=O) groups excluding carboxylic acids is 1. The first-order valence-electron chi connectivity index (χ1n) is 4.27. The second kappa shape index (κ2) is 6.11. The number of alkyl halides is 3. The summed E-state index contributed by atoms with van der Waals surface area (Å²) in [5.41, 5.74) is -0.883. The van der Waals surface area contributed by atoms with Gasteiger partial charge in [0.15, 0.2) is 0 Å². The Bertz CT molecular complexity index is 202. The Balaban J connectivity index is 4.29. The number of ether oxygens (including phenoxy) is 1. The molecule has 0 fully saturated rings. The second-order valence-corrected chi connectivity index (χ2v) is 5.52. The monoisotopic (exact) mass is 278 g/mol. The number of esters is 1. The van der Waals surface area contributed by atoms with E-state index in [4.69, 9.17) is 45.0 Å². The molecule has 0 amide bonds. The van der Waals surface area contributed by atoms with Gasteiger partial charge in [-0.05, 0) is 6.42 Å². The number of aliphatic hydroxyl groups excluding tert-OH is 2. The van der Waals surface area contributed by atoms with E-state index < -0.39 is 15.2 Å². The molecule has 0 radical (unpaired) electrons. The highest BCUT2D eigenvalue weighted by Crippen LogP contribution is 2.29. The topological polar surface area (TPSA) is 66.8 Å². The molecule has 0 aliphatic carbocycles. The summed E-state index contributed by atoms with van der Waals surface area (Å²) in [6, 6.07) is 0. The Kier molecular flexibility index (Phi) is 6.21. The van der Waals surface area contributed by atoms with Gasteiger partial charge >= 0.3 is 5.97 Å². The minimum atomic E-state index is -2.13. The van der Waals surface area contributed by atoms with Gasteiger partial charge in [-0.15, -0.1) is 0 Å². The molecule has 2 N–H and O–H groups in total. The summed E-state index contributed by atoms with van der Waals surface area (Å²) in [6.45, 7) is 0.930. The van der Waals surface area contributed by atoms with Crippen LogP contribution in [0.1, 0.15) is 13.3 Å². The van der Waals surface area contributed by atoms with E-state index in [1.54, 1.807) is 6.92 Å². The van der Waals surface area contributed by atoms with Crippen molar-refractivity contribution in [2.24, 2.45) is 5.41 Å². The first-order valence-corrected chi connectivity index (χ1v) is 5.40. The van der Waals surface area contributed by atoms with E-state index >= 15 is 0 Å². The van der Waals surface area contributed by atoms with Gasteiger partial charge < -0.3 is 14.9 Å². The number of hydrogen-bond acceptors (Lipinski definition) is 4. The van der Waals surface area contributed by atoms with Crippen LogP contribution >= 0.6 is 34.8 Å². The fourth-order valence-corrected chi connectivity index (χ4v) is 0.931. The fraction of sp³-hybridized carbons (Fsp3) is 0.875. The van der Waals surface area contributed by atoms with Crippen molar-refractivity contribution in [3.8, 4) is 0 Å². The maximum absolute atomic E-state index is 11.1. The van der Waals surface area contributed by atoms with Gasteiger partial charge in [0.05, 0.1) is 18.6 Å². The third kappa shape index (κ3) is 4.74. The van der Waals surface area contributed by atoms with Crippen molar-refractivity contribution in [1.29, 1.82) is 0 Å². The van der Waals surface area contributed by atoms with Crippen LogP contribution in [0.25, 0.3) is 0 Å². The molecule has 90 valence electrons. The summed E-state index contributed by atoms with van der Waals surface area (Å²) in [5.74, 6) is -1.02. The van der Waals surface area contributed by atoms with Gasteiger partial charge in [-0.25, -0.2) is 4.79 Å². The minimum absolute atomic E-state index is 0.191. The predicted molar refractivity (Wildman–Crippen MR) is 58.1 cm³/mol. The van der Waals surface area contributed by atoms with Crippen molar-refractivity contribution in [3.63, 3.8) is 0 Å². The zero-order valence-electron chi connectivity index (χ0n) is 8.17. The summed E-state index contributed by atoms with van der Waals surface area (Å²) in [7, 11) is 0. The maximum atomic E-state index is 11.1. The van der Waals surface area contributed by atoms with E-state index in [1.807, 2.05) is 0 Å². The van der Waals surface area contributed by atoms with Gasteiger partial charge in [-0.1, -0.05) is 41.7 Å². The Hall–Kier alpha value is 0.260. The van der Waals surface area contributed by atoms with Crippen LogP contribution in [0, 0.1) is 5.41 Å². The highest BCUT2D eigenvalue weighted by atomic mass is 35.6. The number of hydrogen-bond donors (Lipinski definition) is 2. The van der Waals surface area contributed by atoms with Crippen molar-refractivity contribution in [2.75, 3.05) is 19.8 Å². The molecule has 0 aromatic carbocycles. The molecule has 0 bridgehead atoms. The molecule has 0 aromatic heterocycles. The first-order chi connectivity index (χ1) is 6.81. The van der Waals surface area contributed by atoms with E-state index in [0.717, 1.165) is 0 Å². The molecule has 0 heterocycles. The van der Waals surface area contributed by atoms with Gasteiger partial charge in [-0.3, -0.25) is 0 Å². The quantitative estimate of drug-likeness (QED) is 0.588. The Morgan fingerprint density at radius 3 is 2.00 bits per heavy atom. The van der Waals surface area contributed by atoms with Crippen LogP contribution in [0.3, 0.4) is 0 Å². The number of halogens is 3. The predicted octanol–water partition coefficient (Wildman–Crippen LogP) is 1.28. The lowest BCUT2D eigenvalue weighted by molar-refractivity contribution is -0.148. The third-order valence-electron chi connectivity index (χ3n) is 2.16. The van der Waals surface area contributed by atoms with Gasteiger partial charge in [0.2, 0.25) is 0 Å². The molecular weight excluding hydrogens is 266 g/mol. The van der Waals surface area contributed by atoms with E-state index in [1.165, 1.54) is 0 Å². The van der Waals surface area contributed by atoms with Gasteiger partial charge in [-0.2, -0.15) is 0 Å². The molecule has 0 atom stereocenters. The highest BCUT2D eigenvalue weighted by Gasteiger charge is 2.36. The molecule has 4 nitrogen and oxygen atoms in total. The van der Waals surface area contributed by atoms with Crippen LogP contribution in [0.15, 0.2) is 0 Å². The Morgan fingerprint density at radius 2 is 1.73 bits per heavy atom. The molecule has 0 rings (SSSR count). The molecular formula is C8H13Cl3O4. The smallest absolute Gasteiger partial charge is 0.358 e. The number of aliphatic hydroxyl groups is 2. The SMILES string of the molecule is CCC(CO)(CO)COC(=O)C(Cl)(Cl)Cl. The third-order valence-corrected chi connectivity index (χ3v) is 2.62. The standard InChI is InChI=1S/C8H13Cl3O4/c1-2-7(3-12,4-13)5-15-6(14)8(9,10)11/h12-13H,2-5H2,1H3. The molecule has 0 saturated carbocycles. The summed E-state index contributed by atoms with van der Waals surface area (Å²) in [4.78, 5) is 11.1. The van der Waals surface area contributed by atoms with Crippen LogP contribution in [-0.2, 0) is 9.53 Å². The lowest BCUT2D eigenvalue weighted by Gasteiger charge is -2.28. The van der Waals surface area contributed by atoms with E-state index in [-0.39, 0.29) is 19.8 Å². The fourth-order valence-electron chi connectivity index (χ4n) is 0.767.